The summed E-state index contributed by atoms with van der Waals surface area (Å²) in [6.45, 7) is 3.71. The van der Waals surface area contributed by atoms with Crippen molar-refractivity contribution in [3.05, 3.63) is 33.3 Å². The molecular weight excluding hydrogens is 294 g/mol. The summed E-state index contributed by atoms with van der Waals surface area (Å²) in [6, 6.07) is 0. The van der Waals surface area contributed by atoms with Crippen LogP contribution in [0.25, 0.3) is 16.2 Å². The number of aromatic nitrogens is 5. The zero-order chi connectivity index (χ0) is 15.0. The van der Waals surface area contributed by atoms with E-state index in [0.717, 1.165) is 0 Å². The summed E-state index contributed by atoms with van der Waals surface area (Å²) in [6.07, 6.45) is 1.40. The third-order valence-electron chi connectivity index (χ3n) is 2.99. The third-order valence-corrected chi connectivity index (χ3v) is 3.69. The van der Waals surface area contributed by atoms with E-state index in [1.165, 1.54) is 27.6 Å². The predicted molar refractivity (Wildman–Crippen MR) is 75.4 cm³/mol. The predicted octanol–water partition coefficient (Wildman–Crippen LogP) is 1.03. The number of ether oxygens (including phenoxy) is 1. The lowest BCUT2D eigenvalue weighted by Gasteiger charge is -2.06. The molecular formula is C12H11N5O3S. The van der Waals surface area contributed by atoms with Crippen LogP contribution in [0.5, 0.6) is 0 Å². The standard InChI is InChI=1S/C12H11N5O3S/c1-3-20-12(19)7-4-13-9-8(11-15-14-5-21-11)10(18)16-17(9)6(7)2/h4-5H,3H2,1-2H3,(H,16,18). The van der Waals surface area contributed by atoms with E-state index in [4.69, 9.17) is 4.74 Å². The second-order valence-electron chi connectivity index (χ2n) is 4.20. The Morgan fingerprint density at radius 1 is 1.52 bits per heavy atom. The molecule has 0 saturated carbocycles. The van der Waals surface area contributed by atoms with Gasteiger partial charge < -0.3 is 4.74 Å². The van der Waals surface area contributed by atoms with Crippen molar-refractivity contribution in [1.82, 2.24) is 24.8 Å². The topological polar surface area (TPSA) is 102 Å². The third kappa shape index (κ3) is 2.11. The van der Waals surface area contributed by atoms with E-state index >= 15 is 0 Å². The molecule has 0 radical (unpaired) electrons. The Balaban J connectivity index is 2.23. The number of aryl methyl sites for hydroxylation is 1. The molecule has 0 bridgehead atoms. The monoisotopic (exact) mass is 305 g/mol. The highest BCUT2D eigenvalue weighted by molar-refractivity contribution is 7.12. The molecule has 21 heavy (non-hydrogen) atoms. The van der Waals surface area contributed by atoms with Crippen LogP contribution in [0.4, 0.5) is 0 Å². The van der Waals surface area contributed by atoms with Crippen LogP contribution in [0.2, 0.25) is 0 Å². The molecule has 0 atom stereocenters. The quantitative estimate of drug-likeness (QED) is 0.725. The Hall–Kier alpha value is -2.55. The highest BCUT2D eigenvalue weighted by atomic mass is 32.1. The minimum atomic E-state index is -0.476. The molecule has 0 aromatic carbocycles. The Labute approximate surface area is 122 Å². The fourth-order valence-corrected chi connectivity index (χ4v) is 2.60. The van der Waals surface area contributed by atoms with Crippen molar-refractivity contribution in [3.8, 4) is 10.6 Å². The van der Waals surface area contributed by atoms with Gasteiger partial charge >= 0.3 is 5.97 Å². The molecule has 0 amide bonds. The molecule has 0 saturated heterocycles. The molecule has 3 aromatic rings. The molecule has 8 nitrogen and oxygen atoms in total. The molecule has 0 fully saturated rings. The zero-order valence-electron chi connectivity index (χ0n) is 11.3. The van der Waals surface area contributed by atoms with Crippen LogP contribution in [0.3, 0.4) is 0 Å². The summed E-state index contributed by atoms with van der Waals surface area (Å²) in [4.78, 5) is 28.1. The van der Waals surface area contributed by atoms with Crippen molar-refractivity contribution < 1.29 is 9.53 Å². The van der Waals surface area contributed by atoms with E-state index in [-0.39, 0.29) is 12.2 Å². The molecule has 3 heterocycles. The maximum atomic E-state index is 12.1. The first-order valence-corrected chi connectivity index (χ1v) is 7.05. The van der Waals surface area contributed by atoms with Gasteiger partial charge in [-0.3, -0.25) is 9.89 Å². The van der Waals surface area contributed by atoms with E-state index in [1.54, 1.807) is 13.8 Å². The van der Waals surface area contributed by atoms with Gasteiger partial charge in [0.15, 0.2) is 10.7 Å². The van der Waals surface area contributed by atoms with Gasteiger partial charge in [-0.2, -0.15) is 0 Å². The smallest absolute Gasteiger partial charge is 0.341 e. The first kappa shape index (κ1) is 13.4. The van der Waals surface area contributed by atoms with Crippen molar-refractivity contribution in [2.24, 2.45) is 0 Å². The molecule has 9 heteroatoms. The Bertz CT molecular complexity index is 865. The average molecular weight is 305 g/mol. The highest BCUT2D eigenvalue weighted by Gasteiger charge is 2.20. The van der Waals surface area contributed by atoms with E-state index in [0.29, 0.717) is 27.5 Å². The number of fused-ring (bicyclic) bond motifs is 1. The normalized spacial score (nSPS) is 11.0. The number of hydrogen-bond acceptors (Lipinski definition) is 7. The highest BCUT2D eigenvalue weighted by Crippen LogP contribution is 2.22. The molecule has 3 aromatic heterocycles. The molecule has 3 rings (SSSR count). The fourth-order valence-electron chi connectivity index (χ4n) is 2.01. The van der Waals surface area contributed by atoms with Gasteiger partial charge in [0, 0.05) is 6.20 Å². The van der Waals surface area contributed by atoms with Gasteiger partial charge in [0.2, 0.25) is 0 Å². The number of aromatic amines is 1. The van der Waals surface area contributed by atoms with Crippen molar-refractivity contribution in [1.29, 1.82) is 0 Å². The summed E-state index contributed by atoms with van der Waals surface area (Å²) >= 11 is 1.25. The number of hydrogen-bond donors (Lipinski definition) is 1. The van der Waals surface area contributed by atoms with Gasteiger partial charge in [-0.25, -0.2) is 14.3 Å². The summed E-state index contributed by atoms with van der Waals surface area (Å²) in [5.74, 6) is -0.476. The van der Waals surface area contributed by atoms with Crippen LogP contribution in [-0.4, -0.2) is 37.4 Å². The van der Waals surface area contributed by atoms with Crippen LogP contribution in [-0.2, 0) is 4.74 Å². The van der Waals surface area contributed by atoms with Crippen molar-refractivity contribution in [2.45, 2.75) is 13.8 Å². The van der Waals surface area contributed by atoms with Crippen molar-refractivity contribution >= 4 is 23.0 Å². The summed E-state index contributed by atoms with van der Waals surface area (Å²) in [5, 5.41) is 10.7. The van der Waals surface area contributed by atoms with E-state index in [1.807, 2.05) is 0 Å². The second-order valence-corrected chi connectivity index (χ2v) is 5.03. The largest absolute Gasteiger partial charge is 0.462 e. The lowest BCUT2D eigenvalue weighted by atomic mass is 10.2. The number of nitrogens with one attached hydrogen (secondary N) is 1. The molecule has 108 valence electrons. The molecule has 0 aliphatic heterocycles. The summed E-state index contributed by atoms with van der Waals surface area (Å²) < 4.78 is 6.43. The number of nitrogens with zero attached hydrogens (tertiary/aromatic N) is 4. The maximum absolute atomic E-state index is 12.1. The van der Waals surface area contributed by atoms with Crippen LogP contribution >= 0.6 is 11.3 Å². The average Bonchev–Trinajstić information content (AvgIpc) is 3.06. The van der Waals surface area contributed by atoms with Gasteiger partial charge in [-0.05, 0) is 13.8 Å². The van der Waals surface area contributed by atoms with Gasteiger partial charge in [-0.1, -0.05) is 11.3 Å². The molecule has 0 unspecified atom stereocenters. The van der Waals surface area contributed by atoms with Gasteiger partial charge in [0.1, 0.15) is 11.1 Å². The van der Waals surface area contributed by atoms with E-state index in [2.05, 4.69) is 20.3 Å². The van der Waals surface area contributed by atoms with Crippen LogP contribution in [0.15, 0.2) is 16.5 Å². The zero-order valence-corrected chi connectivity index (χ0v) is 12.1. The SMILES string of the molecule is CCOC(=O)c1cnc2c(-c3nncs3)c(=O)[nH]n2c1C. The number of esters is 1. The van der Waals surface area contributed by atoms with Gasteiger partial charge in [0.05, 0.1) is 17.9 Å². The number of carbonyl (C=O) groups excluding carboxylic acids is 1. The Kier molecular flexibility index (Phi) is 3.26. The van der Waals surface area contributed by atoms with Gasteiger partial charge in [-0.15, -0.1) is 10.2 Å². The Morgan fingerprint density at radius 2 is 2.33 bits per heavy atom. The first-order valence-electron chi connectivity index (χ1n) is 6.17. The van der Waals surface area contributed by atoms with Crippen LogP contribution < -0.4 is 5.56 Å². The van der Waals surface area contributed by atoms with Gasteiger partial charge in [0.25, 0.3) is 5.56 Å². The minimum Gasteiger partial charge on any atom is -0.462 e. The van der Waals surface area contributed by atoms with E-state index in [9.17, 15) is 9.59 Å². The van der Waals surface area contributed by atoms with Crippen molar-refractivity contribution in [3.63, 3.8) is 0 Å². The summed E-state index contributed by atoms with van der Waals surface area (Å²) in [5.41, 5.74) is 2.81. The second kappa shape index (κ2) is 5.09. The summed E-state index contributed by atoms with van der Waals surface area (Å²) in [7, 11) is 0. The molecule has 0 aliphatic carbocycles. The number of carbonyl (C=O) groups is 1. The van der Waals surface area contributed by atoms with Crippen LogP contribution in [0.1, 0.15) is 23.0 Å². The Morgan fingerprint density at radius 3 is 3.00 bits per heavy atom. The number of H-pyrrole nitrogens is 1. The van der Waals surface area contributed by atoms with E-state index < -0.39 is 5.97 Å². The molecule has 1 N–H and O–H groups in total. The van der Waals surface area contributed by atoms with Crippen molar-refractivity contribution in [2.75, 3.05) is 6.61 Å². The lowest BCUT2D eigenvalue weighted by molar-refractivity contribution is 0.0524. The first-order chi connectivity index (χ1) is 10.1. The molecule has 0 aliphatic rings. The number of rotatable bonds is 3. The maximum Gasteiger partial charge on any atom is 0.341 e. The lowest BCUT2D eigenvalue weighted by Crippen LogP contribution is -2.11. The van der Waals surface area contributed by atoms with Crippen LogP contribution in [0, 0.1) is 6.92 Å². The fraction of sp³-hybridized carbons (Fsp3) is 0.250. The molecule has 0 spiro atoms. The minimum absolute atomic E-state index is 0.272.